The Morgan fingerprint density at radius 1 is 0.800 bits per heavy atom. The minimum atomic E-state index is -1.39. The highest BCUT2D eigenvalue weighted by Crippen LogP contribution is 2.68. The van der Waals surface area contributed by atoms with E-state index in [4.69, 9.17) is 0 Å². The van der Waals surface area contributed by atoms with Crippen molar-refractivity contribution >= 4 is 63.5 Å². The second-order valence-corrected chi connectivity index (χ2v) is 19.0. The predicted octanol–water partition coefficient (Wildman–Crippen LogP) is 8.23. The highest BCUT2D eigenvalue weighted by molar-refractivity contribution is 9.12. The van der Waals surface area contributed by atoms with Crippen molar-refractivity contribution in [3.63, 3.8) is 0 Å². The van der Waals surface area contributed by atoms with Gasteiger partial charge in [-0.1, -0.05) is 58.8 Å². The lowest BCUT2D eigenvalue weighted by Gasteiger charge is -2.44. The molecule has 0 N–H and O–H groups in total. The molecule has 2 aliphatic carbocycles. The van der Waals surface area contributed by atoms with E-state index in [1.54, 1.807) is 9.81 Å². The third-order valence-electron chi connectivity index (χ3n) is 7.65. The van der Waals surface area contributed by atoms with E-state index in [0.717, 1.165) is 45.3 Å². The van der Waals surface area contributed by atoms with E-state index in [0.29, 0.717) is 0 Å². The lowest BCUT2D eigenvalue weighted by Crippen LogP contribution is -2.47. The molecule has 2 heterocycles. The predicted molar refractivity (Wildman–Crippen MR) is 126 cm³/mol. The topological polar surface area (TPSA) is 0 Å². The largest absolute Gasteiger partial charge is 0.126 e. The Labute approximate surface area is 180 Å². The number of rotatable bonds is 2. The van der Waals surface area contributed by atoms with Gasteiger partial charge in [0.05, 0.1) is 8.07 Å². The summed E-state index contributed by atoms with van der Waals surface area (Å²) >= 11 is 12.3. The van der Waals surface area contributed by atoms with Crippen LogP contribution >= 0.6 is 55.4 Å². The number of thioether (sulfide) groups is 2. The van der Waals surface area contributed by atoms with E-state index in [9.17, 15) is 0 Å². The average molecular weight is 522 g/mol. The van der Waals surface area contributed by atoms with Crippen molar-refractivity contribution in [1.29, 1.82) is 0 Å². The average Bonchev–Trinajstić information content (AvgIpc) is 3.17. The van der Waals surface area contributed by atoms with Crippen molar-refractivity contribution in [3.8, 4) is 0 Å². The van der Waals surface area contributed by atoms with Gasteiger partial charge in [-0.3, -0.25) is 0 Å². The fourth-order valence-corrected chi connectivity index (χ4v) is 20.1. The Kier molecular flexibility index (Phi) is 5.28. The molecule has 0 amide bonds. The standard InChI is InChI=1S/C20H30Br2S2Si/c1-9-7-13-15(21)11(3)23-17(13)19(9)25(5,6)20-10(2)8-14-16(22)12(4)24-18(14)20/h9-10,13-14,17-20H,7-8H2,1-6H3. The first kappa shape index (κ1) is 19.7. The molecule has 2 aliphatic heterocycles. The summed E-state index contributed by atoms with van der Waals surface area (Å²) < 4.78 is 3.07. The van der Waals surface area contributed by atoms with Gasteiger partial charge in [0.25, 0.3) is 0 Å². The molecule has 8 atom stereocenters. The Hall–Kier alpha value is 1.36. The molecule has 140 valence electrons. The van der Waals surface area contributed by atoms with Gasteiger partial charge in [0.2, 0.25) is 0 Å². The maximum Gasteiger partial charge on any atom is 0.0564 e. The summed E-state index contributed by atoms with van der Waals surface area (Å²) in [6.45, 7) is 15.3. The van der Waals surface area contributed by atoms with Gasteiger partial charge in [0.15, 0.2) is 0 Å². The normalized spacial score (nSPS) is 47.0. The number of halogens is 2. The van der Waals surface area contributed by atoms with E-state index in [1.807, 2.05) is 0 Å². The van der Waals surface area contributed by atoms with Crippen LogP contribution in [0.1, 0.15) is 40.5 Å². The first-order chi connectivity index (χ1) is 11.6. The summed E-state index contributed by atoms with van der Waals surface area (Å²) in [5, 5.41) is 1.70. The fraction of sp³-hybridized carbons (Fsp3) is 0.800. The van der Waals surface area contributed by atoms with Crippen molar-refractivity contribution in [3.05, 3.63) is 18.8 Å². The zero-order valence-corrected chi connectivity index (χ0v) is 21.9. The van der Waals surface area contributed by atoms with Crippen LogP contribution in [0.25, 0.3) is 0 Å². The van der Waals surface area contributed by atoms with Crippen LogP contribution in [0, 0.1) is 23.7 Å². The number of fused-ring (bicyclic) bond motifs is 2. The van der Waals surface area contributed by atoms with E-state index in [1.165, 1.54) is 21.8 Å². The maximum absolute atomic E-state index is 3.95. The van der Waals surface area contributed by atoms with Crippen molar-refractivity contribution in [2.75, 3.05) is 0 Å². The van der Waals surface area contributed by atoms with E-state index in [-0.39, 0.29) is 0 Å². The monoisotopic (exact) mass is 520 g/mol. The summed E-state index contributed by atoms with van der Waals surface area (Å²) in [5.41, 5.74) is 1.91. The maximum atomic E-state index is 3.95. The molecule has 0 saturated heterocycles. The van der Waals surface area contributed by atoms with Gasteiger partial charge in [0, 0.05) is 31.3 Å². The molecule has 0 aromatic rings. The van der Waals surface area contributed by atoms with Crippen LogP contribution in [-0.2, 0) is 0 Å². The van der Waals surface area contributed by atoms with Crippen LogP contribution in [-0.4, -0.2) is 18.6 Å². The molecule has 0 radical (unpaired) electrons. The zero-order valence-electron chi connectivity index (χ0n) is 16.1. The molecular weight excluding hydrogens is 492 g/mol. The van der Waals surface area contributed by atoms with Gasteiger partial charge in [-0.15, -0.1) is 23.5 Å². The zero-order chi connectivity index (χ0) is 18.3. The van der Waals surface area contributed by atoms with Crippen molar-refractivity contribution < 1.29 is 0 Å². The summed E-state index contributed by atoms with van der Waals surface area (Å²) in [6.07, 6.45) is 2.81. The first-order valence-corrected chi connectivity index (χ1v) is 16.2. The third-order valence-corrected chi connectivity index (χ3v) is 19.2. The summed E-state index contributed by atoms with van der Waals surface area (Å²) in [7, 11) is -1.39. The molecule has 0 nitrogen and oxygen atoms in total. The first-order valence-electron chi connectivity index (χ1n) is 9.70. The minimum absolute atomic E-state index is 0.798. The van der Waals surface area contributed by atoms with Gasteiger partial charge in [-0.25, -0.2) is 0 Å². The Bertz CT molecular complexity index is 602. The van der Waals surface area contributed by atoms with Gasteiger partial charge in [-0.05, 0) is 59.4 Å². The van der Waals surface area contributed by atoms with E-state index >= 15 is 0 Å². The van der Waals surface area contributed by atoms with Crippen LogP contribution in [0.4, 0.5) is 0 Å². The van der Waals surface area contributed by atoms with Crippen molar-refractivity contribution in [2.45, 2.75) is 75.2 Å². The van der Waals surface area contributed by atoms with Gasteiger partial charge >= 0.3 is 0 Å². The van der Waals surface area contributed by atoms with Gasteiger partial charge < -0.3 is 0 Å². The fourth-order valence-electron chi connectivity index (χ4n) is 6.90. The second kappa shape index (κ2) is 6.71. The van der Waals surface area contributed by atoms with Crippen LogP contribution in [0.15, 0.2) is 18.8 Å². The van der Waals surface area contributed by atoms with Crippen molar-refractivity contribution in [2.24, 2.45) is 23.7 Å². The molecule has 0 spiro atoms. The van der Waals surface area contributed by atoms with Crippen LogP contribution in [0.2, 0.25) is 24.2 Å². The third kappa shape index (κ3) is 2.88. The molecule has 0 aromatic carbocycles. The Morgan fingerprint density at radius 3 is 1.52 bits per heavy atom. The number of hydrogen-bond acceptors (Lipinski definition) is 2. The smallest absolute Gasteiger partial charge is 0.0564 e. The minimum Gasteiger partial charge on any atom is -0.126 e. The van der Waals surface area contributed by atoms with Crippen LogP contribution in [0.3, 0.4) is 0 Å². The lowest BCUT2D eigenvalue weighted by atomic mass is 10.1. The van der Waals surface area contributed by atoms with Gasteiger partial charge in [0.1, 0.15) is 0 Å². The molecule has 4 rings (SSSR count). The summed E-state index contributed by atoms with van der Waals surface area (Å²) in [5.74, 6) is 3.37. The highest BCUT2D eigenvalue weighted by Gasteiger charge is 2.60. The molecule has 5 heteroatoms. The van der Waals surface area contributed by atoms with Gasteiger partial charge in [-0.2, -0.15) is 0 Å². The van der Waals surface area contributed by atoms with Crippen LogP contribution in [0.5, 0.6) is 0 Å². The van der Waals surface area contributed by atoms with Crippen molar-refractivity contribution in [1.82, 2.24) is 0 Å². The van der Waals surface area contributed by atoms with E-state index in [2.05, 4.69) is 96.2 Å². The Morgan fingerprint density at radius 2 is 1.16 bits per heavy atom. The SMILES string of the molecule is CC1=C(Br)C2CC(C)C([Si](C)(C)C3C(C)CC4C(Br)=C(C)SC43)C2S1. The number of allylic oxidation sites excluding steroid dienone is 4. The van der Waals surface area contributed by atoms with E-state index < -0.39 is 8.07 Å². The lowest BCUT2D eigenvalue weighted by molar-refractivity contribution is 0.543. The molecule has 4 aliphatic rings. The molecule has 25 heavy (non-hydrogen) atoms. The molecule has 8 unspecified atom stereocenters. The quantitative estimate of drug-likeness (QED) is 0.335. The summed E-state index contributed by atoms with van der Waals surface area (Å²) in [6, 6.07) is 0. The second-order valence-electron chi connectivity index (χ2n) is 9.49. The molecule has 0 aromatic heterocycles. The molecule has 2 saturated carbocycles. The van der Waals surface area contributed by atoms with Crippen LogP contribution < -0.4 is 0 Å². The number of hydrogen-bond donors (Lipinski definition) is 0. The molecule has 2 fully saturated rings. The Balaban J connectivity index is 1.64. The molecule has 0 bridgehead atoms. The summed E-state index contributed by atoms with van der Waals surface area (Å²) in [4.78, 5) is 3.12. The highest BCUT2D eigenvalue weighted by atomic mass is 79.9. The molecular formula is C20H30Br2S2Si.